The highest BCUT2D eigenvalue weighted by atomic mass is 127. The predicted octanol–water partition coefficient (Wildman–Crippen LogP) is 2.07. The third-order valence-electron chi connectivity index (χ3n) is 3.84. The molecular formula is C16H24IN5O. The van der Waals surface area contributed by atoms with Gasteiger partial charge in [0.05, 0.1) is 17.1 Å². The number of hydrogen-bond acceptors (Lipinski definition) is 3. The van der Waals surface area contributed by atoms with Crippen molar-refractivity contribution in [2.24, 2.45) is 4.99 Å². The van der Waals surface area contributed by atoms with Gasteiger partial charge in [0.15, 0.2) is 5.96 Å². The van der Waals surface area contributed by atoms with Crippen LogP contribution < -0.4 is 10.6 Å². The van der Waals surface area contributed by atoms with Gasteiger partial charge in [-0.15, -0.1) is 24.0 Å². The van der Waals surface area contributed by atoms with Crippen molar-refractivity contribution in [1.29, 1.82) is 0 Å². The van der Waals surface area contributed by atoms with E-state index in [9.17, 15) is 0 Å². The van der Waals surface area contributed by atoms with Crippen molar-refractivity contribution >= 4 is 41.0 Å². The largest absolute Gasteiger partial charge is 0.376 e. The highest BCUT2D eigenvalue weighted by Gasteiger charge is 2.15. The molecule has 0 amide bonds. The molecule has 1 aliphatic rings. The van der Waals surface area contributed by atoms with E-state index in [-0.39, 0.29) is 24.0 Å². The molecule has 0 radical (unpaired) electrons. The second-order valence-corrected chi connectivity index (χ2v) is 5.47. The van der Waals surface area contributed by atoms with E-state index >= 15 is 0 Å². The van der Waals surface area contributed by atoms with Crippen molar-refractivity contribution < 1.29 is 4.74 Å². The molecule has 0 bridgehead atoms. The van der Waals surface area contributed by atoms with Gasteiger partial charge in [-0.05, 0) is 25.0 Å². The number of fused-ring (bicyclic) bond motifs is 1. The maximum absolute atomic E-state index is 5.60. The van der Waals surface area contributed by atoms with Crippen LogP contribution >= 0.6 is 24.0 Å². The molecule has 1 unspecified atom stereocenters. The minimum atomic E-state index is 0. The summed E-state index contributed by atoms with van der Waals surface area (Å²) >= 11 is 0. The normalized spacial score (nSPS) is 18.0. The van der Waals surface area contributed by atoms with Crippen LogP contribution in [0.25, 0.3) is 11.0 Å². The summed E-state index contributed by atoms with van der Waals surface area (Å²) < 4.78 is 5.60. The summed E-state index contributed by atoms with van der Waals surface area (Å²) in [5.41, 5.74) is 2.09. The number of rotatable bonds is 5. The van der Waals surface area contributed by atoms with Crippen LogP contribution in [0, 0.1) is 0 Å². The van der Waals surface area contributed by atoms with Crippen LogP contribution in [-0.2, 0) is 11.2 Å². The molecule has 2 aromatic rings. The molecular weight excluding hydrogens is 405 g/mol. The average molecular weight is 429 g/mol. The molecule has 1 aromatic heterocycles. The van der Waals surface area contributed by atoms with Crippen LogP contribution in [-0.4, -0.2) is 48.8 Å². The molecule has 1 saturated heterocycles. The summed E-state index contributed by atoms with van der Waals surface area (Å²) in [6, 6.07) is 8.08. The van der Waals surface area contributed by atoms with Gasteiger partial charge in [0.2, 0.25) is 0 Å². The maximum atomic E-state index is 5.60. The first-order valence-electron chi connectivity index (χ1n) is 7.85. The summed E-state index contributed by atoms with van der Waals surface area (Å²) in [6.45, 7) is 2.47. The van der Waals surface area contributed by atoms with Crippen molar-refractivity contribution in [2.45, 2.75) is 25.4 Å². The Hall–Kier alpha value is -1.35. The SMILES string of the molecule is CN=C(NCCc1nc2ccccc2[nH]1)NCC1CCCO1.I. The fourth-order valence-electron chi connectivity index (χ4n) is 2.66. The third kappa shape index (κ3) is 5.07. The first-order chi connectivity index (χ1) is 10.8. The zero-order valence-electron chi connectivity index (χ0n) is 13.3. The zero-order chi connectivity index (χ0) is 15.2. The van der Waals surface area contributed by atoms with Gasteiger partial charge < -0.3 is 20.4 Å². The molecule has 126 valence electrons. The van der Waals surface area contributed by atoms with E-state index < -0.39 is 0 Å². The van der Waals surface area contributed by atoms with E-state index in [1.54, 1.807) is 7.05 Å². The first kappa shape index (κ1) is 18.0. The Morgan fingerprint density at radius 2 is 2.26 bits per heavy atom. The number of guanidine groups is 1. The number of aromatic nitrogens is 2. The molecule has 3 rings (SSSR count). The Kier molecular flexibility index (Phi) is 7.10. The van der Waals surface area contributed by atoms with Gasteiger partial charge >= 0.3 is 0 Å². The number of aliphatic imine (C=N–C) groups is 1. The van der Waals surface area contributed by atoms with Gasteiger partial charge in [0, 0.05) is 33.2 Å². The van der Waals surface area contributed by atoms with E-state index in [1.165, 1.54) is 0 Å². The number of nitrogens with zero attached hydrogens (tertiary/aromatic N) is 2. The van der Waals surface area contributed by atoms with E-state index in [0.717, 1.165) is 61.8 Å². The number of H-pyrrole nitrogens is 1. The molecule has 6 nitrogen and oxygen atoms in total. The van der Waals surface area contributed by atoms with Crippen LogP contribution in [0.1, 0.15) is 18.7 Å². The van der Waals surface area contributed by atoms with Gasteiger partial charge in [-0.25, -0.2) is 4.98 Å². The predicted molar refractivity (Wildman–Crippen MR) is 104 cm³/mol. The van der Waals surface area contributed by atoms with Crippen molar-refractivity contribution in [2.75, 3.05) is 26.7 Å². The average Bonchev–Trinajstić information content (AvgIpc) is 3.19. The van der Waals surface area contributed by atoms with E-state index in [4.69, 9.17) is 4.74 Å². The highest BCUT2D eigenvalue weighted by molar-refractivity contribution is 14.0. The molecule has 23 heavy (non-hydrogen) atoms. The van der Waals surface area contributed by atoms with Crippen molar-refractivity contribution in [3.63, 3.8) is 0 Å². The van der Waals surface area contributed by atoms with Crippen LogP contribution in [0.3, 0.4) is 0 Å². The number of hydrogen-bond donors (Lipinski definition) is 3. The van der Waals surface area contributed by atoms with Crippen LogP contribution in [0.5, 0.6) is 0 Å². The van der Waals surface area contributed by atoms with E-state index in [1.807, 2.05) is 24.3 Å². The Morgan fingerprint density at radius 1 is 1.39 bits per heavy atom. The van der Waals surface area contributed by atoms with Gasteiger partial charge in [-0.2, -0.15) is 0 Å². The van der Waals surface area contributed by atoms with Crippen molar-refractivity contribution in [3.05, 3.63) is 30.1 Å². The van der Waals surface area contributed by atoms with Gasteiger partial charge in [-0.1, -0.05) is 12.1 Å². The first-order valence-corrected chi connectivity index (χ1v) is 7.85. The maximum Gasteiger partial charge on any atom is 0.191 e. The molecule has 0 spiro atoms. The number of para-hydroxylation sites is 2. The minimum absolute atomic E-state index is 0. The molecule has 7 heteroatoms. The standard InChI is InChI=1S/C16H23N5O.HI/c1-17-16(19-11-12-5-4-10-22-12)18-9-8-15-20-13-6-2-3-7-14(13)21-15;/h2-3,6-7,12H,4-5,8-11H2,1H3,(H,20,21)(H2,17,18,19);1H. The lowest BCUT2D eigenvalue weighted by Gasteiger charge is -2.14. The Morgan fingerprint density at radius 3 is 3.00 bits per heavy atom. The lowest BCUT2D eigenvalue weighted by molar-refractivity contribution is 0.114. The highest BCUT2D eigenvalue weighted by Crippen LogP contribution is 2.11. The molecule has 1 aliphatic heterocycles. The molecule has 1 aromatic carbocycles. The third-order valence-corrected chi connectivity index (χ3v) is 3.84. The van der Waals surface area contributed by atoms with Crippen LogP contribution in [0.4, 0.5) is 0 Å². The molecule has 1 atom stereocenters. The topological polar surface area (TPSA) is 74.3 Å². The summed E-state index contributed by atoms with van der Waals surface area (Å²) in [5, 5.41) is 6.62. The van der Waals surface area contributed by atoms with E-state index in [2.05, 4.69) is 25.6 Å². The summed E-state index contributed by atoms with van der Waals surface area (Å²) in [5.74, 6) is 1.80. The van der Waals surface area contributed by atoms with Gasteiger partial charge in [0.25, 0.3) is 0 Å². The number of nitrogens with one attached hydrogen (secondary N) is 3. The fourth-order valence-corrected chi connectivity index (χ4v) is 2.66. The lowest BCUT2D eigenvalue weighted by atomic mass is 10.2. The van der Waals surface area contributed by atoms with Crippen molar-refractivity contribution in [3.8, 4) is 0 Å². The van der Waals surface area contributed by atoms with Crippen LogP contribution in [0.15, 0.2) is 29.3 Å². The number of ether oxygens (including phenoxy) is 1. The number of benzene rings is 1. The van der Waals surface area contributed by atoms with Crippen LogP contribution in [0.2, 0.25) is 0 Å². The smallest absolute Gasteiger partial charge is 0.191 e. The molecule has 0 aliphatic carbocycles. The molecule has 0 saturated carbocycles. The lowest BCUT2D eigenvalue weighted by Crippen LogP contribution is -2.41. The summed E-state index contributed by atoms with van der Waals surface area (Å²) in [4.78, 5) is 12.1. The molecule has 2 heterocycles. The minimum Gasteiger partial charge on any atom is -0.376 e. The van der Waals surface area contributed by atoms with Gasteiger partial charge in [-0.3, -0.25) is 4.99 Å². The van der Waals surface area contributed by atoms with Crippen molar-refractivity contribution in [1.82, 2.24) is 20.6 Å². The number of imidazole rings is 1. The number of halogens is 1. The summed E-state index contributed by atoms with van der Waals surface area (Å²) in [6.07, 6.45) is 3.43. The summed E-state index contributed by atoms with van der Waals surface area (Å²) in [7, 11) is 1.78. The second kappa shape index (κ2) is 9.07. The second-order valence-electron chi connectivity index (χ2n) is 5.47. The molecule has 3 N–H and O–H groups in total. The number of aromatic amines is 1. The molecule has 1 fully saturated rings. The fraction of sp³-hybridized carbons (Fsp3) is 0.500. The zero-order valence-corrected chi connectivity index (χ0v) is 15.7. The quantitative estimate of drug-likeness (QED) is 0.387. The Balaban J connectivity index is 0.00000192. The van der Waals surface area contributed by atoms with Gasteiger partial charge in [0.1, 0.15) is 5.82 Å². The Bertz CT molecular complexity index is 603. The monoisotopic (exact) mass is 429 g/mol. The Labute approximate surface area is 153 Å². The van der Waals surface area contributed by atoms with E-state index in [0.29, 0.717) is 6.10 Å².